The van der Waals surface area contributed by atoms with Crippen molar-refractivity contribution < 1.29 is 13.2 Å². The summed E-state index contributed by atoms with van der Waals surface area (Å²) < 4.78 is 25.4. The topological polar surface area (TPSA) is 75.3 Å². The average molecular weight is 298 g/mol. The zero-order valence-corrected chi connectivity index (χ0v) is 13.2. The Morgan fingerprint density at radius 2 is 1.70 bits per heavy atom. The number of hydrogen-bond acceptors (Lipinski definition) is 3. The Hall–Kier alpha value is -1.40. The number of amides is 1. The van der Waals surface area contributed by atoms with Crippen LogP contribution in [0.1, 0.15) is 32.8 Å². The number of sulfonamides is 1. The van der Waals surface area contributed by atoms with E-state index in [2.05, 4.69) is 10.0 Å². The quantitative estimate of drug-likeness (QED) is 0.864. The van der Waals surface area contributed by atoms with Gasteiger partial charge in [0.2, 0.25) is 15.9 Å². The third-order valence-electron chi connectivity index (χ3n) is 2.66. The maximum atomic E-state index is 11.7. The third kappa shape index (κ3) is 5.30. The van der Waals surface area contributed by atoms with Crippen molar-refractivity contribution in [2.24, 2.45) is 0 Å². The third-order valence-corrected chi connectivity index (χ3v) is 4.09. The van der Waals surface area contributed by atoms with E-state index in [4.69, 9.17) is 0 Å². The first-order valence-corrected chi connectivity index (χ1v) is 7.96. The number of aryl methyl sites for hydroxylation is 1. The summed E-state index contributed by atoms with van der Waals surface area (Å²) in [5, 5.41) is 2.89. The zero-order valence-electron chi connectivity index (χ0n) is 12.4. The summed E-state index contributed by atoms with van der Waals surface area (Å²) in [5.74, 6) is -0.00979. The molecule has 0 aliphatic rings. The van der Waals surface area contributed by atoms with Crippen LogP contribution in [0.3, 0.4) is 0 Å². The predicted octanol–water partition coefficient (Wildman–Crippen LogP) is 1.44. The Morgan fingerprint density at radius 1 is 1.15 bits per heavy atom. The second-order valence-corrected chi connectivity index (χ2v) is 7.54. The van der Waals surface area contributed by atoms with Crippen LogP contribution >= 0.6 is 0 Å². The van der Waals surface area contributed by atoms with Crippen LogP contribution in [0.5, 0.6) is 0 Å². The van der Waals surface area contributed by atoms with Crippen molar-refractivity contribution in [1.82, 2.24) is 10.0 Å². The van der Waals surface area contributed by atoms with Crippen LogP contribution in [0.15, 0.2) is 29.2 Å². The standard InChI is InChI=1S/C14H22N2O3S/c1-14(2,3)16-13(17)10-7-11-5-8-12(9-6-11)20(18,19)15-4/h5-6,8-9,15H,7,10H2,1-4H3,(H,16,17). The van der Waals surface area contributed by atoms with Crippen LogP contribution in [0.4, 0.5) is 0 Å². The lowest BCUT2D eigenvalue weighted by molar-refractivity contribution is -0.122. The lowest BCUT2D eigenvalue weighted by Crippen LogP contribution is -2.40. The largest absolute Gasteiger partial charge is 0.351 e. The lowest BCUT2D eigenvalue weighted by atomic mass is 10.1. The molecule has 0 saturated carbocycles. The fourth-order valence-electron chi connectivity index (χ4n) is 1.69. The molecule has 6 heteroatoms. The average Bonchev–Trinajstić information content (AvgIpc) is 2.35. The van der Waals surface area contributed by atoms with E-state index in [0.717, 1.165) is 5.56 Å². The minimum absolute atomic E-state index is 0.00979. The Bertz CT molecular complexity index is 557. The van der Waals surface area contributed by atoms with Gasteiger partial charge in [-0.2, -0.15) is 0 Å². The maximum Gasteiger partial charge on any atom is 0.240 e. The molecule has 0 heterocycles. The van der Waals surface area contributed by atoms with Gasteiger partial charge in [0.25, 0.3) is 0 Å². The monoisotopic (exact) mass is 298 g/mol. The Kier molecular flexibility index (Phi) is 5.30. The number of hydrogen-bond donors (Lipinski definition) is 2. The van der Waals surface area contributed by atoms with Crippen LogP contribution < -0.4 is 10.0 Å². The summed E-state index contributed by atoms with van der Waals surface area (Å²) in [5.41, 5.74) is 0.700. The summed E-state index contributed by atoms with van der Waals surface area (Å²) >= 11 is 0. The van der Waals surface area contributed by atoms with Gasteiger partial charge in [0.15, 0.2) is 0 Å². The van der Waals surface area contributed by atoms with E-state index in [9.17, 15) is 13.2 Å². The van der Waals surface area contributed by atoms with Crippen molar-refractivity contribution in [2.75, 3.05) is 7.05 Å². The van der Waals surface area contributed by atoms with E-state index in [0.29, 0.717) is 12.8 Å². The molecule has 5 nitrogen and oxygen atoms in total. The van der Waals surface area contributed by atoms with Crippen molar-refractivity contribution in [3.05, 3.63) is 29.8 Å². The van der Waals surface area contributed by atoms with Gasteiger partial charge in [0.1, 0.15) is 0 Å². The van der Waals surface area contributed by atoms with Crippen LogP contribution in [-0.4, -0.2) is 26.9 Å². The smallest absolute Gasteiger partial charge is 0.240 e. The van der Waals surface area contributed by atoms with Crippen molar-refractivity contribution in [2.45, 2.75) is 44.0 Å². The highest BCUT2D eigenvalue weighted by atomic mass is 32.2. The highest BCUT2D eigenvalue weighted by molar-refractivity contribution is 7.89. The second-order valence-electron chi connectivity index (χ2n) is 5.65. The molecule has 0 saturated heterocycles. The van der Waals surface area contributed by atoms with Crippen molar-refractivity contribution >= 4 is 15.9 Å². The summed E-state index contributed by atoms with van der Waals surface area (Å²) in [6.07, 6.45) is 0.969. The van der Waals surface area contributed by atoms with E-state index in [1.54, 1.807) is 24.3 Å². The van der Waals surface area contributed by atoms with Gasteiger partial charge in [0, 0.05) is 12.0 Å². The molecule has 0 atom stereocenters. The van der Waals surface area contributed by atoms with Crippen molar-refractivity contribution in [3.8, 4) is 0 Å². The second kappa shape index (κ2) is 6.37. The molecule has 2 N–H and O–H groups in total. The SMILES string of the molecule is CNS(=O)(=O)c1ccc(CCC(=O)NC(C)(C)C)cc1. The number of carbonyl (C=O) groups excluding carboxylic acids is 1. The molecule has 1 aromatic rings. The Labute approximate surface area is 120 Å². The normalized spacial score (nSPS) is 12.2. The molecule has 20 heavy (non-hydrogen) atoms. The molecule has 112 valence electrons. The van der Waals surface area contributed by atoms with E-state index < -0.39 is 10.0 Å². The minimum atomic E-state index is -3.40. The molecule has 0 aliphatic carbocycles. The molecule has 0 aliphatic heterocycles. The van der Waals surface area contributed by atoms with Crippen molar-refractivity contribution in [3.63, 3.8) is 0 Å². The van der Waals surface area contributed by atoms with Crippen molar-refractivity contribution in [1.29, 1.82) is 0 Å². The molecule has 0 unspecified atom stereocenters. The van der Waals surface area contributed by atoms with Gasteiger partial charge in [0.05, 0.1) is 4.90 Å². The van der Waals surface area contributed by atoms with Gasteiger partial charge in [-0.3, -0.25) is 4.79 Å². The summed E-state index contributed by atoms with van der Waals surface area (Å²) in [7, 11) is -2.02. The number of benzene rings is 1. The summed E-state index contributed by atoms with van der Waals surface area (Å²) in [4.78, 5) is 11.9. The maximum absolute atomic E-state index is 11.7. The number of carbonyl (C=O) groups is 1. The fraction of sp³-hybridized carbons (Fsp3) is 0.500. The Balaban J connectivity index is 2.61. The van der Waals surface area contributed by atoms with Gasteiger partial charge in [-0.25, -0.2) is 13.1 Å². The number of rotatable bonds is 5. The van der Waals surface area contributed by atoms with Gasteiger partial charge in [-0.05, 0) is 51.9 Å². The van der Waals surface area contributed by atoms with Gasteiger partial charge < -0.3 is 5.32 Å². The summed E-state index contributed by atoms with van der Waals surface area (Å²) in [6, 6.07) is 6.55. The first kappa shape index (κ1) is 16.7. The highest BCUT2D eigenvalue weighted by Crippen LogP contribution is 2.11. The van der Waals surface area contributed by atoms with Crippen LogP contribution in [-0.2, 0) is 21.2 Å². The highest BCUT2D eigenvalue weighted by Gasteiger charge is 2.14. The molecule has 0 bridgehead atoms. The first-order chi connectivity index (χ1) is 9.14. The van der Waals surface area contributed by atoms with Gasteiger partial charge >= 0.3 is 0 Å². The molecular formula is C14H22N2O3S. The molecular weight excluding hydrogens is 276 g/mol. The predicted molar refractivity (Wildman–Crippen MR) is 78.9 cm³/mol. The van der Waals surface area contributed by atoms with Crippen LogP contribution in [0, 0.1) is 0 Å². The molecule has 0 fully saturated rings. The minimum Gasteiger partial charge on any atom is -0.351 e. The fourth-order valence-corrected chi connectivity index (χ4v) is 2.42. The zero-order chi connectivity index (χ0) is 15.4. The van der Waals surface area contributed by atoms with E-state index >= 15 is 0 Å². The first-order valence-electron chi connectivity index (χ1n) is 6.47. The molecule has 1 amide bonds. The van der Waals surface area contributed by atoms with Gasteiger partial charge in [-0.1, -0.05) is 12.1 Å². The number of nitrogens with one attached hydrogen (secondary N) is 2. The lowest BCUT2D eigenvalue weighted by Gasteiger charge is -2.20. The molecule has 0 spiro atoms. The van der Waals surface area contributed by atoms with E-state index in [-0.39, 0.29) is 16.3 Å². The molecule has 1 aromatic carbocycles. The van der Waals surface area contributed by atoms with Crippen LogP contribution in [0.25, 0.3) is 0 Å². The molecule has 0 aromatic heterocycles. The van der Waals surface area contributed by atoms with E-state index in [1.807, 2.05) is 20.8 Å². The summed E-state index contributed by atoms with van der Waals surface area (Å²) in [6.45, 7) is 5.80. The van der Waals surface area contributed by atoms with Gasteiger partial charge in [-0.15, -0.1) is 0 Å². The molecule has 1 rings (SSSR count). The molecule has 0 radical (unpaired) electrons. The van der Waals surface area contributed by atoms with E-state index in [1.165, 1.54) is 7.05 Å². The Morgan fingerprint density at radius 3 is 2.15 bits per heavy atom. The van der Waals surface area contributed by atoms with Crippen LogP contribution in [0.2, 0.25) is 0 Å².